The molecule has 0 atom stereocenters. The Bertz CT molecular complexity index is 1100. The van der Waals surface area contributed by atoms with Crippen molar-refractivity contribution in [3.63, 3.8) is 0 Å². The number of carbonyl (C=O) groups is 3. The van der Waals surface area contributed by atoms with Crippen molar-refractivity contribution < 1.29 is 28.6 Å². The lowest BCUT2D eigenvalue weighted by Gasteiger charge is -2.14. The Labute approximate surface area is 177 Å². The van der Waals surface area contributed by atoms with Crippen LogP contribution in [0, 0.1) is 0 Å². The minimum absolute atomic E-state index is 0.106. The van der Waals surface area contributed by atoms with Gasteiger partial charge in [-0.05, 0) is 29.8 Å². The summed E-state index contributed by atoms with van der Waals surface area (Å²) in [5.74, 6) is -2.49. The fourth-order valence-electron chi connectivity index (χ4n) is 3.18. The summed E-state index contributed by atoms with van der Waals surface area (Å²) in [5.41, 5.74) is 0.833. The van der Waals surface area contributed by atoms with E-state index in [4.69, 9.17) is 25.8 Å². The standard InChI is InChI=1S/C22H18ClNO6/c1-28-20(25)16-17(21(26)29-2)19(22(27)30-3)24(15-11-9-14(23)10-12-15)18(16)13-7-5-4-6-8-13/h4-12H,1-3H3. The smallest absolute Gasteiger partial charge is 0.355 e. The number of rotatable bonds is 5. The SMILES string of the molecule is COC(=O)c1c(C(=O)OC)c(-c2ccccc2)n(-c2ccc(Cl)cc2)c1C(=O)OC. The fourth-order valence-corrected chi connectivity index (χ4v) is 3.31. The lowest BCUT2D eigenvalue weighted by atomic mass is 10.0. The Morgan fingerprint density at radius 1 is 0.733 bits per heavy atom. The van der Waals surface area contributed by atoms with Gasteiger partial charge in [-0.15, -0.1) is 0 Å². The number of hydrogen-bond donors (Lipinski definition) is 0. The van der Waals surface area contributed by atoms with E-state index in [1.165, 1.54) is 18.8 Å². The number of esters is 3. The van der Waals surface area contributed by atoms with Gasteiger partial charge in [-0.25, -0.2) is 14.4 Å². The summed E-state index contributed by atoms with van der Waals surface area (Å²) in [7, 11) is 3.53. The molecule has 1 aromatic heterocycles. The van der Waals surface area contributed by atoms with Gasteiger partial charge in [0.05, 0.1) is 27.0 Å². The van der Waals surface area contributed by atoms with Crippen molar-refractivity contribution >= 4 is 29.5 Å². The molecule has 3 rings (SSSR count). The number of carbonyl (C=O) groups excluding carboxylic acids is 3. The zero-order valence-electron chi connectivity index (χ0n) is 16.5. The minimum atomic E-state index is -0.874. The second-order valence-electron chi connectivity index (χ2n) is 6.10. The number of hydrogen-bond acceptors (Lipinski definition) is 6. The number of nitrogens with zero attached hydrogens (tertiary/aromatic N) is 1. The highest BCUT2D eigenvalue weighted by Gasteiger charge is 2.37. The second-order valence-corrected chi connectivity index (χ2v) is 6.54. The molecule has 0 aliphatic rings. The molecule has 0 aliphatic heterocycles. The third kappa shape index (κ3) is 3.67. The average molecular weight is 428 g/mol. The minimum Gasteiger partial charge on any atom is -0.465 e. The van der Waals surface area contributed by atoms with Crippen molar-refractivity contribution in [2.75, 3.05) is 21.3 Å². The van der Waals surface area contributed by atoms with Gasteiger partial charge in [0.15, 0.2) is 0 Å². The molecule has 0 spiro atoms. The van der Waals surface area contributed by atoms with E-state index in [0.29, 0.717) is 16.3 Å². The van der Waals surface area contributed by atoms with Crippen LogP contribution >= 0.6 is 11.6 Å². The van der Waals surface area contributed by atoms with E-state index in [1.54, 1.807) is 54.6 Å². The maximum absolute atomic E-state index is 12.8. The van der Waals surface area contributed by atoms with Gasteiger partial charge in [-0.2, -0.15) is 0 Å². The van der Waals surface area contributed by atoms with Crippen LogP contribution in [0.15, 0.2) is 54.6 Å². The van der Waals surface area contributed by atoms with E-state index in [1.807, 2.05) is 0 Å². The van der Waals surface area contributed by atoms with Gasteiger partial charge in [0, 0.05) is 10.7 Å². The van der Waals surface area contributed by atoms with Gasteiger partial charge in [-0.1, -0.05) is 41.9 Å². The van der Waals surface area contributed by atoms with Crippen molar-refractivity contribution in [1.82, 2.24) is 4.57 Å². The highest BCUT2D eigenvalue weighted by molar-refractivity contribution is 6.30. The van der Waals surface area contributed by atoms with Crippen molar-refractivity contribution in [2.24, 2.45) is 0 Å². The molecule has 0 fully saturated rings. The van der Waals surface area contributed by atoms with E-state index in [0.717, 1.165) is 7.11 Å². The molecule has 0 saturated carbocycles. The molecule has 1 heterocycles. The molecule has 154 valence electrons. The Morgan fingerprint density at radius 3 is 1.80 bits per heavy atom. The third-order valence-corrected chi connectivity index (χ3v) is 4.71. The first kappa shape index (κ1) is 21.1. The predicted octanol–water partition coefficient (Wildman–Crippen LogP) is 4.16. The van der Waals surface area contributed by atoms with Gasteiger partial charge in [0.25, 0.3) is 0 Å². The first-order valence-corrected chi connectivity index (χ1v) is 9.17. The van der Waals surface area contributed by atoms with Gasteiger partial charge in [0.1, 0.15) is 16.8 Å². The molecule has 0 saturated heterocycles. The molecule has 3 aromatic rings. The largest absolute Gasteiger partial charge is 0.465 e. The van der Waals surface area contributed by atoms with Crippen LogP contribution in [0.4, 0.5) is 0 Å². The molecule has 0 amide bonds. The zero-order chi connectivity index (χ0) is 21.8. The van der Waals surface area contributed by atoms with E-state index in [-0.39, 0.29) is 22.5 Å². The van der Waals surface area contributed by atoms with Crippen LogP contribution in [0.2, 0.25) is 5.02 Å². The maximum atomic E-state index is 12.8. The molecular formula is C22H18ClNO6. The van der Waals surface area contributed by atoms with E-state index in [9.17, 15) is 14.4 Å². The van der Waals surface area contributed by atoms with E-state index in [2.05, 4.69) is 0 Å². The molecule has 0 unspecified atom stereocenters. The highest BCUT2D eigenvalue weighted by Crippen LogP contribution is 2.36. The zero-order valence-corrected chi connectivity index (χ0v) is 17.2. The Kier molecular flexibility index (Phi) is 6.23. The summed E-state index contributed by atoms with van der Waals surface area (Å²) in [6.07, 6.45) is 0. The number of benzene rings is 2. The molecule has 7 nitrogen and oxygen atoms in total. The Hall–Kier alpha value is -3.58. The molecule has 0 radical (unpaired) electrons. The molecule has 0 aliphatic carbocycles. The first-order valence-electron chi connectivity index (χ1n) is 8.79. The Balaban J connectivity index is 2.56. The van der Waals surface area contributed by atoms with Gasteiger partial charge in [0.2, 0.25) is 0 Å². The molecule has 0 bridgehead atoms. The first-order chi connectivity index (χ1) is 14.4. The van der Waals surface area contributed by atoms with Crippen molar-refractivity contribution in [3.05, 3.63) is 76.4 Å². The normalized spacial score (nSPS) is 10.4. The van der Waals surface area contributed by atoms with Crippen LogP contribution in [0.5, 0.6) is 0 Å². The van der Waals surface area contributed by atoms with Crippen LogP contribution in [0.1, 0.15) is 31.2 Å². The molecule has 2 aromatic carbocycles. The van der Waals surface area contributed by atoms with Crippen molar-refractivity contribution in [2.45, 2.75) is 0 Å². The van der Waals surface area contributed by atoms with E-state index >= 15 is 0 Å². The number of halogens is 1. The summed E-state index contributed by atoms with van der Waals surface area (Å²) in [4.78, 5) is 38.3. The quantitative estimate of drug-likeness (QED) is 0.449. The number of ether oxygens (including phenoxy) is 3. The van der Waals surface area contributed by atoms with Gasteiger partial charge in [-0.3, -0.25) is 0 Å². The monoisotopic (exact) mass is 427 g/mol. The third-order valence-electron chi connectivity index (χ3n) is 4.46. The summed E-state index contributed by atoms with van der Waals surface area (Å²) < 4.78 is 16.2. The highest BCUT2D eigenvalue weighted by atomic mass is 35.5. The lowest BCUT2D eigenvalue weighted by molar-refractivity contribution is 0.0536. The number of aromatic nitrogens is 1. The molecular weight excluding hydrogens is 410 g/mol. The van der Waals surface area contributed by atoms with Gasteiger partial charge < -0.3 is 18.8 Å². The van der Waals surface area contributed by atoms with Crippen LogP contribution in [-0.4, -0.2) is 43.8 Å². The van der Waals surface area contributed by atoms with Crippen LogP contribution in [-0.2, 0) is 14.2 Å². The maximum Gasteiger partial charge on any atom is 0.355 e. The average Bonchev–Trinajstić information content (AvgIpc) is 3.14. The summed E-state index contributed by atoms with van der Waals surface area (Å²) in [6, 6.07) is 15.4. The van der Waals surface area contributed by atoms with Crippen LogP contribution < -0.4 is 0 Å². The molecule has 30 heavy (non-hydrogen) atoms. The van der Waals surface area contributed by atoms with Gasteiger partial charge >= 0.3 is 17.9 Å². The van der Waals surface area contributed by atoms with Crippen LogP contribution in [0.3, 0.4) is 0 Å². The summed E-state index contributed by atoms with van der Waals surface area (Å²) >= 11 is 6.02. The van der Waals surface area contributed by atoms with Crippen LogP contribution in [0.25, 0.3) is 16.9 Å². The lowest BCUT2D eigenvalue weighted by Crippen LogP contribution is -2.16. The predicted molar refractivity (Wildman–Crippen MR) is 110 cm³/mol. The number of methoxy groups -OCH3 is 3. The molecule has 0 N–H and O–H groups in total. The summed E-state index contributed by atoms with van der Waals surface area (Å²) in [6.45, 7) is 0. The fraction of sp³-hybridized carbons (Fsp3) is 0.136. The summed E-state index contributed by atoms with van der Waals surface area (Å²) in [5, 5.41) is 0.480. The topological polar surface area (TPSA) is 83.8 Å². The second kappa shape index (κ2) is 8.84. The Morgan fingerprint density at radius 2 is 1.27 bits per heavy atom. The molecule has 8 heteroatoms. The van der Waals surface area contributed by atoms with E-state index < -0.39 is 17.9 Å². The van der Waals surface area contributed by atoms with Crippen molar-refractivity contribution in [1.29, 1.82) is 0 Å². The van der Waals surface area contributed by atoms with Crippen molar-refractivity contribution in [3.8, 4) is 16.9 Å².